The number of hydrogen-bond acceptors (Lipinski definition) is 6. The predicted molar refractivity (Wildman–Crippen MR) is 133 cm³/mol. The standard InChI is InChI=1S/C28H31NO6/c1-19(35-23-8-6-5-7-9-23)28(30)29-15-14-20-16-26(32-3)27(33-4)17-24(20)25(29)18-34-22-12-10-21(31-2)11-13-22/h5-13,16-17,19,25H,14-15,18H2,1-4H3. The van der Waals surface area contributed by atoms with Gasteiger partial charge in [-0.25, -0.2) is 0 Å². The molecule has 0 N–H and O–H groups in total. The molecule has 1 aliphatic rings. The quantitative estimate of drug-likeness (QED) is 0.446. The van der Waals surface area contributed by atoms with E-state index in [9.17, 15) is 4.79 Å². The summed E-state index contributed by atoms with van der Waals surface area (Å²) in [5.74, 6) is 3.28. The monoisotopic (exact) mass is 477 g/mol. The Morgan fingerprint density at radius 2 is 1.54 bits per heavy atom. The molecule has 3 aromatic rings. The van der Waals surface area contributed by atoms with Gasteiger partial charge in [-0.2, -0.15) is 0 Å². The van der Waals surface area contributed by atoms with Gasteiger partial charge in [0.1, 0.15) is 23.9 Å². The molecular weight excluding hydrogens is 446 g/mol. The lowest BCUT2D eigenvalue weighted by molar-refractivity contribution is -0.141. The number of ether oxygens (including phenoxy) is 5. The molecule has 2 atom stereocenters. The molecule has 0 aromatic heterocycles. The van der Waals surface area contributed by atoms with E-state index >= 15 is 0 Å². The van der Waals surface area contributed by atoms with E-state index in [-0.39, 0.29) is 18.6 Å². The van der Waals surface area contributed by atoms with Gasteiger partial charge in [0.2, 0.25) is 0 Å². The van der Waals surface area contributed by atoms with Gasteiger partial charge in [-0.05, 0) is 73.0 Å². The van der Waals surface area contributed by atoms with E-state index in [4.69, 9.17) is 23.7 Å². The van der Waals surface area contributed by atoms with Crippen LogP contribution in [0.1, 0.15) is 24.1 Å². The number of amides is 1. The second kappa shape index (κ2) is 11.0. The van der Waals surface area contributed by atoms with Gasteiger partial charge in [0.25, 0.3) is 5.91 Å². The first kappa shape index (κ1) is 24.3. The minimum absolute atomic E-state index is 0.0994. The van der Waals surface area contributed by atoms with Crippen LogP contribution in [0, 0.1) is 0 Å². The van der Waals surface area contributed by atoms with Gasteiger partial charge >= 0.3 is 0 Å². The summed E-state index contributed by atoms with van der Waals surface area (Å²) in [7, 11) is 4.85. The number of para-hydroxylation sites is 1. The zero-order chi connectivity index (χ0) is 24.8. The molecule has 7 nitrogen and oxygen atoms in total. The molecule has 1 amide bonds. The molecule has 1 aliphatic heterocycles. The maximum absolute atomic E-state index is 13.6. The van der Waals surface area contributed by atoms with Gasteiger partial charge in [0.15, 0.2) is 17.6 Å². The summed E-state index contributed by atoms with van der Waals surface area (Å²) in [5, 5.41) is 0. The molecule has 7 heteroatoms. The molecule has 0 radical (unpaired) electrons. The van der Waals surface area contributed by atoms with E-state index in [1.807, 2.05) is 71.6 Å². The lowest BCUT2D eigenvalue weighted by Gasteiger charge is -2.38. The summed E-state index contributed by atoms with van der Waals surface area (Å²) in [6.45, 7) is 2.60. The number of benzene rings is 3. The molecule has 0 saturated heterocycles. The molecule has 0 aliphatic carbocycles. The van der Waals surface area contributed by atoms with Crippen molar-refractivity contribution in [3.05, 3.63) is 77.9 Å². The molecule has 184 valence electrons. The lowest BCUT2D eigenvalue weighted by Crippen LogP contribution is -2.47. The third kappa shape index (κ3) is 5.45. The number of rotatable bonds is 9. The van der Waals surface area contributed by atoms with Gasteiger partial charge in [-0.1, -0.05) is 18.2 Å². The van der Waals surface area contributed by atoms with Crippen LogP contribution in [-0.2, 0) is 11.2 Å². The Hall–Kier alpha value is -3.87. The maximum Gasteiger partial charge on any atom is 0.263 e. The zero-order valence-electron chi connectivity index (χ0n) is 20.5. The van der Waals surface area contributed by atoms with Crippen LogP contribution < -0.4 is 23.7 Å². The summed E-state index contributed by atoms with van der Waals surface area (Å²) in [6, 6.07) is 20.4. The van der Waals surface area contributed by atoms with Crippen molar-refractivity contribution in [2.24, 2.45) is 0 Å². The SMILES string of the molecule is COc1ccc(OCC2c3cc(OC)c(OC)cc3CCN2C(=O)C(C)Oc2ccccc2)cc1. The molecule has 35 heavy (non-hydrogen) atoms. The fraction of sp³-hybridized carbons (Fsp3) is 0.321. The first-order chi connectivity index (χ1) is 17.0. The molecule has 0 fully saturated rings. The van der Waals surface area contributed by atoms with E-state index in [1.54, 1.807) is 28.3 Å². The summed E-state index contributed by atoms with van der Waals surface area (Å²) < 4.78 is 28.4. The second-order valence-corrected chi connectivity index (χ2v) is 8.26. The van der Waals surface area contributed by atoms with Crippen LogP contribution in [0.25, 0.3) is 0 Å². The minimum Gasteiger partial charge on any atom is -0.497 e. The molecule has 0 saturated carbocycles. The molecule has 3 aromatic carbocycles. The summed E-state index contributed by atoms with van der Waals surface area (Å²) in [6.07, 6.45) is 0.0426. The second-order valence-electron chi connectivity index (χ2n) is 8.26. The van der Waals surface area contributed by atoms with Gasteiger partial charge < -0.3 is 28.6 Å². The smallest absolute Gasteiger partial charge is 0.263 e. The fourth-order valence-electron chi connectivity index (χ4n) is 4.31. The predicted octanol–water partition coefficient (Wildman–Crippen LogP) is 4.68. The molecule has 0 spiro atoms. The number of fused-ring (bicyclic) bond motifs is 1. The third-order valence-electron chi connectivity index (χ3n) is 6.16. The number of nitrogens with zero attached hydrogens (tertiary/aromatic N) is 1. The highest BCUT2D eigenvalue weighted by molar-refractivity contribution is 5.82. The van der Waals surface area contributed by atoms with Gasteiger partial charge in [-0.15, -0.1) is 0 Å². The van der Waals surface area contributed by atoms with E-state index < -0.39 is 6.10 Å². The number of carbonyl (C=O) groups excluding carboxylic acids is 1. The van der Waals surface area contributed by atoms with Crippen molar-refractivity contribution < 1.29 is 28.5 Å². The molecule has 1 heterocycles. The van der Waals surface area contributed by atoms with Crippen LogP contribution in [0.4, 0.5) is 0 Å². The Balaban J connectivity index is 1.62. The number of hydrogen-bond donors (Lipinski definition) is 0. The number of carbonyl (C=O) groups is 1. The molecule has 2 unspecified atom stereocenters. The van der Waals surface area contributed by atoms with Gasteiger partial charge in [-0.3, -0.25) is 4.79 Å². The maximum atomic E-state index is 13.6. The topological polar surface area (TPSA) is 66.5 Å². The molecular formula is C28H31NO6. The number of methoxy groups -OCH3 is 3. The highest BCUT2D eigenvalue weighted by Gasteiger charge is 2.35. The minimum atomic E-state index is -0.650. The Kier molecular flexibility index (Phi) is 7.65. The van der Waals surface area contributed by atoms with Crippen LogP contribution in [0.2, 0.25) is 0 Å². The Morgan fingerprint density at radius 3 is 2.20 bits per heavy atom. The van der Waals surface area contributed by atoms with Crippen molar-refractivity contribution in [1.29, 1.82) is 0 Å². The van der Waals surface area contributed by atoms with E-state index in [0.717, 1.165) is 16.9 Å². The van der Waals surface area contributed by atoms with Crippen molar-refractivity contribution in [3.8, 4) is 28.7 Å². The van der Waals surface area contributed by atoms with Gasteiger partial charge in [0.05, 0.1) is 27.4 Å². The summed E-state index contributed by atoms with van der Waals surface area (Å²) in [4.78, 5) is 15.4. The fourth-order valence-corrected chi connectivity index (χ4v) is 4.31. The molecule has 4 rings (SSSR count). The Morgan fingerprint density at radius 1 is 0.886 bits per heavy atom. The van der Waals surface area contributed by atoms with E-state index in [1.165, 1.54) is 0 Å². The Labute approximate surface area is 206 Å². The first-order valence-electron chi connectivity index (χ1n) is 11.6. The normalized spacial score (nSPS) is 15.5. The van der Waals surface area contributed by atoms with Crippen molar-refractivity contribution in [2.45, 2.75) is 25.5 Å². The van der Waals surface area contributed by atoms with Crippen LogP contribution in [-0.4, -0.2) is 51.4 Å². The van der Waals surface area contributed by atoms with Crippen LogP contribution in [0.15, 0.2) is 66.7 Å². The highest BCUT2D eigenvalue weighted by Crippen LogP contribution is 2.39. The van der Waals surface area contributed by atoms with Crippen molar-refractivity contribution in [1.82, 2.24) is 4.90 Å². The average Bonchev–Trinajstić information content (AvgIpc) is 2.91. The van der Waals surface area contributed by atoms with Crippen LogP contribution >= 0.6 is 0 Å². The van der Waals surface area contributed by atoms with Crippen molar-refractivity contribution >= 4 is 5.91 Å². The largest absolute Gasteiger partial charge is 0.497 e. The lowest BCUT2D eigenvalue weighted by atomic mass is 9.91. The van der Waals surface area contributed by atoms with E-state index in [0.29, 0.717) is 36.0 Å². The summed E-state index contributed by atoms with van der Waals surface area (Å²) >= 11 is 0. The zero-order valence-corrected chi connectivity index (χ0v) is 20.5. The summed E-state index contributed by atoms with van der Waals surface area (Å²) in [5.41, 5.74) is 2.08. The van der Waals surface area contributed by atoms with Crippen molar-refractivity contribution in [2.75, 3.05) is 34.5 Å². The van der Waals surface area contributed by atoms with Crippen LogP contribution in [0.3, 0.4) is 0 Å². The first-order valence-corrected chi connectivity index (χ1v) is 11.6. The Bertz CT molecular complexity index is 1130. The molecule has 0 bridgehead atoms. The van der Waals surface area contributed by atoms with Crippen LogP contribution in [0.5, 0.6) is 28.7 Å². The van der Waals surface area contributed by atoms with Gasteiger partial charge in [0, 0.05) is 6.54 Å². The average molecular weight is 478 g/mol. The van der Waals surface area contributed by atoms with E-state index in [2.05, 4.69) is 0 Å². The highest BCUT2D eigenvalue weighted by atomic mass is 16.5. The van der Waals surface area contributed by atoms with Crippen molar-refractivity contribution in [3.63, 3.8) is 0 Å². The third-order valence-corrected chi connectivity index (χ3v) is 6.16.